The molecular formula is C14H20Si. The maximum Gasteiger partial charge on any atom is 0.0845 e. The number of rotatable bonds is 3. The maximum absolute atomic E-state index is 3.95. The minimum Gasteiger partial charge on any atom is -0.103 e. The van der Waals surface area contributed by atoms with Crippen molar-refractivity contribution in [3.05, 3.63) is 43.0 Å². The fraction of sp³-hybridized carbons (Fsp3) is 0.429. The van der Waals surface area contributed by atoms with Gasteiger partial charge in [0, 0.05) is 0 Å². The molecule has 2 rings (SSSR count). The topological polar surface area (TPSA) is 0 Å². The van der Waals surface area contributed by atoms with Crippen LogP contribution < -0.4 is 5.19 Å². The van der Waals surface area contributed by atoms with Crippen LogP contribution in [0, 0.1) is 11.8 Å². The predicted octanol–water partition coefficient (Wildman–Crippen LogP) is 3.42. The molecule has 1 aliphatic carbocycles. The van der Waals surface area contributed by atoms with Crippen molar-refractivity contribution in [2.24, 2.45) is 11.8 Å². The molecule has 1 aliphatic rings. The van der Waals surface area contributed by atoms with Crippen molar-refractivity contribution in [2.75, 3.05) is 0 Å². The quantitative estimate of drug-likeness (QED) is 0.536. The van der Waals surface area contributed by atoms with E-state index >= 15 is 0 Å². The molecule has 1 heteroatoms. The Morgan fingerprint density at radius 1 is 1.20 bits per heavy atom. The van der Waals surface area contributed by atoms with Gasteiger partial charge in [-0.25, -0.2) is 0 Å². The predicted molar refractivity (Wildman–Crippen MR) is 70.2 cm³/mol. The first kappa shape index (κ1) is 10.7. The Kier molecular flexibility index (Phi) is 2.59. The molecule has 0 spiro atoms. The fourth-order valence-corrected chi connectivity index (χ4v) is 7.32. The van der Waals surface area contributed by atoms with Crippen molar-refractivity contribution in [3.8, 4) is 0 Å². The van der Waals surface area contributed by atoms with E-state index in [1.54, 1.807) is 5.19 Å². The van der Waals surface area contributed by atoms with Crippen LogP contribution in [-0.2, 0) is 0 Å². The van der Waals surface area contributed by atoms with Crippen LogP contribution in [0.5, 0.6) is 0 Å². The molecule has 1 saturated carbocycles. The van der Waals surface area contributed by atoms with Crippen LogP contribution in [-0.4, -0.2) is 8.07 Å². The third-order valence-corrected chi connectivity index (χ3v) is 8.47. The summed E-state index contributed by atoms with van der Waals surface area (Å²) in [5.74, 6) is 1.62. The third kappa shape index (κ3) is 1.69. The second-order valence-corrected chi connectivity index (χ2v) is 9.97. The SMILES string of the molecule is C=C[C@H]1[C@@H](C)[C@@H]1[Si](C)(C)c1ccccc1. The van der Waals surface area contributed by atoms with Gasteiger partial charge >= 0.3 is 0 Å². The minimum absolute atomic E-state index is 0.770. The van der Waals surface area contributed by atoms with Gasteiger partial charge in [-0.15, -0.1) is 6.58 Å². The monoisotopic (exact) mass is 216 g/mol. The molecule has 80 valence electrons. The zero-order valence-electron chi connectivity index (χ0n) is 9.90. The minimum atomic E-state index is -1.26. The summed E-state index contributed by atoms with van der Waals surface area (Å²) < 4.78 is 0. The van der Waals surface area contributed by atoms with E-state index in [1.165, 1.54) is 0 Å². The van der Waals surface area contributed by atoms with Crippen molar-refractivity contribution in [1.29, 1.82) is 0 Å². The van der Waals surface area contributed by atoms with Gasteiger partial charge in [-0.1, -0.05) is 61.6 Å². The molecule has 0 aromatic heterocycles. The van der Waals surface area contributed by atoms with Crippen molar-refractivity contribution in [3.63, 3.8) is 0 Å². The Morgan fingerprint density at radius 2 is 1.80 bits per heavy atom. The Labute approximate surface area is 94.0 Å². The Morgan fingerprint density at radius 3 is 2.27 bits per heavy atom. The Balaban J connectivity index is 2.25. The van der Waals surface area contributed by atoms with Crippen LogP contribution in [0.3, 0.4) is 0 Å². The lowest BCUT2D eigenvalue weighted by Crippen LogP contribution is -2.42. The summed E-state index contributed by atoms with van der Waals surface area (Å²) in [6.45, 7) is 11.3. The molecule has 0 aliphatic heterocycles. The van der Waals surface area contributed by atoms with Gasteiger partial charge in [-0.2, -0.15) is 0 Å². The highest BCUT2D eigenvalue weighted by Gasteiger charge is 2.54. The van der Waals surface area contributed by atoms with Gasteiger partial charge in [0.15, 0.2) is 0 Å². The first-order valence-corrected chi connectivity index (χ1v) is 8.85. The summed E-state index contributed by atoms with van der Waals surface area (Å²) in [5.41, 5.74) is 0.900. The summed E-state index contributed by atoms with van der Waals surface area (Å²) in [6.07, 6.45) is 2.16. The van der Waals surface area contributed by atoms with Gasteiger partial charge in [0.2, 0.25) is 0 Å². The molecule has 1 aromatic rings. The molecule has 0 radical (unpaired) electrons. The van der Waals surface area contributed by atoms with Crippen LogP contribution in [0.4, 0.5) is 0 Å². The second-order valence-electron chi connectivity index (χ2n) is 5.29. The van der Waals surface area contributed by atoms with Crippen LogP contribution in [0.2, 0.25) is 18.6 Å². The second kappa shape index (κ2) is 3.64. The molecule has 0 nitrogen and oxygen atoms in total. The molecule has 0 N–H and O–H groups in total. The van der Waals surface area contributed by atoms with E-state index in [1.807, 2.05) is 0 Å². The lowest BCUT2D eigenvalue weighted by molar-refractivity contribution is 0.899. The summed E-state index contributed by atoms with van der Waals surface area (Å²) >= 11 is 0. The van der Waals surface area contributed by atoms with E-state index in [2.05, 4.69) is 63.0 Å². The molecule has 1 aromatic carbocycles. The van der Waals surface area contributed by atoms with Gasteiger partial charge < -0.3 is 0 Å². The largest absolute Gasteiger partial charge is 0.103 e. The van der Waals surface area contributed by atoms with Crippen molar-refractivity contribution >= 4 is 13.3 Å². The summed E-state index contributed by atoms with van der Waals surface area (Å²) in [7, 11) is -1.26. The fourth-order valence-electron chi connectivity index (χ4n) is 3.05. The summed E-state index contributed by atoms with van der Waals surface area (Å²) in [6, 6.07) is 11.0. The van der Waals surface area contributed by atoms with Crippen LogP contribution in [0.15, 0.2) is 43.0 Å². The van der Waals surface area contributed by atoms with Gasteiger partial charge in [0.1, 0.15) is 0 Å². The molecule has 0 heterocycles. The van der Waals surface area contributed by atoms with Crippen LogP contribution >= 0.6 is 0 Å². The van der Waals surface area contributed by atoms with E-state index in [4.69, 9.17) is 0 Å². The van der Waals surface area contributed by atoms with Gasteiger partial charge in [-0.05, 0) is 17.4 Å². The molecule has 0 bridgehead atoms. The molecule has 0 saturated heterocycles. The summed E-state index contributed by atoms with van der Waals surface area (Å²) in [4.78, 5) is 0. The number of benzene rings is 1. The first-order chi connectivity index (χ1) is 7.09. The van der Waals surface area contributed by atoms with Crippen LogP contribution in [0.1, 0.15) is 6.92 Å². The Bertz CT molecular complexity index is 353. The molecule has 3 atom stereocenters. The normalized spacial score (nSPS) is 29.9. The summed E-state index contributed by atoms with van der Waals surface area (Å²) in [5, 5.41) is 1.59. The smallest absolute Gasteiger partial charge is 0.0845 e. The standard InChI is InChI=1S/C14H20Si/c1-5-13-11(2)14(13)15(3,4)12-9-7-6-8-10-12/h5-11,13-14H,1H2,2-4H3/t11-,13+,14+/m1/s1. The highest BCUT2D eigenvalue weighted by molar-refractivity contribution is 6.91. The van der Waals surface area contributed by atoms with Gasteiger partial charge in [0.25, 0.3) is 0 Å². The zero-order valence-corrected chi connectivity index (χ0v) is 10.9. The molecule has 1 fully saturated rings. The lowest BCUT2D eigenvalue weighted by Gasteiger charge is -2.23. The Hall–Kier alpha value is -0.823. The number of allylic oxidation sites excluding steroid dienone is 1. The van der Waals surface area contributed by atoms with E-state index < -0.39 is 8.07 Å². The third-order valence-electron chi connectivity index (χ3n) is 4.07. The highest BCUT2D eigenvalue weighted by Crippen LogP contribution is 2.57. The van der Waals surface area contributed by atoms with E-state index in [-0.39, 0.29) is 0 Å². The average molecular weight is 216 g/mol. The van der Waals surface area contributed by atoms with E-state index in [9.17, 15) is 0 Å². The highest BCUT2D eigenvalue weighted by atomic mass is 28.3. The van der Waals surface area contributed by atoms with Crippen LogP contribution in [0.25, 0.3) is 0 Å². The molecule has 0 unspecified atom stereocenters. The van der Waals surface area contributed by atoms with Crippen molar-refractivity contribution in [1.82, 2.24) is 0 Å². The van der Waals surface area contributed by atoms with E-state index in [0.29, 0.717) is 0 Å². The van der Waals surface area contributed by atoms with E-state index in [0.717, 1.165) is 17.4 Å². The zero-order chi connectivity index (χ0) is 11.1. The van der Waals surface area contributed by atoms with Crippen molar-refractivity contribution in [2.45, 2.75) is 25.6 Å². The molecular weight excluding hydrogens is 196 g/mol. The number of hydrogen-bond acceptors (Lipinski definition) is 0. The number of hydrogen-bond donors (Lipinski definition) is 0. The molecule has 0 amide bonds. The van der Waals surface area contributed by atoms with Gasteiger partial charge in [0.05, 0.1) is 8.07 Å². The molecule has 15 heavy (non-hydrogen) atoms. The van der Waals surface area contributed by atoms with Gasteiger partial charge in [-0.3, -0.25) is 0 Å². The first-order valence-electron chi connectivity index (χ1n) is 5.77. The maximum atomic E-state index is 3.95. The average Bonchev–Trinajstić information content (AvgIpc) is 2.91. The van der Waals surface area contributed by atoms with Crippen molar-refractivity contribution < 1.29 is 0 Å². The lowest BCUT2D eigenvalue weighted by atomic mass is 10.3.